The number of hydrogen-bond donors (Lipinski definition) is 2. The van der Waals surface area contributed by atoms with Crippen molar-refractivity contribution in [3.8, 4) is 0 Å². The summed E-state index contributed by atoms with van der Waals surface area (Å²) in [5.41, 5.74) is 3.11. The third-order valence-corrected chi connectivity index (χ3v) is 6.15. The van der Waals surface area contributed by atoms with Crippen LogP contribution in [0.5, 0.6) is 0 Å². The maximum absolute atomic E-state index is 13.7. The smallest absolute Gasteiger partial charge is 0.259 e. The van der Waals surface area contributed by atoms with Crippen molar-refractivity contribution in [1.82, 2.24) is 10.6 Å². The van der Waals surface area contributed by atoms with Gasteiger partial charge in [0.15, 0.2) is 0 Å². The first kappa shape index (κ1) is 24.9. The number of rotatable bonds is 9. The molecule has 2 N–H and O–H groups in total. The monoisotopic (exact) mass is 481 g/mol. The van der Waals surface area contributed by atoms with Crippen molar-refractivity contribution in [1.29, 1.82) is 0 Å². The normalized spacial score (nSPS) is 12.5. The fraction of sp³-hybridized carbons (Fsp3) is 0.233. The lowest BCUT2D eigenvalue weighted by Crippen LogP contribution is -2.37. The fourth-order valence-electron chi connectivity index (χ4n) is 4.19. The van der Waals surface area contributed by atoms with Crippen LogP contribution in [0.2, 0.25) is 0 Å². The summed E-state index contributed by atoms with van der Waals surface area (Å²) in [5.74, 6) is -1.07. The van der Waals surface area contributed by atoms with Gasteiger partial charge in [-0.25, -0.2) is 0 Å². The molecule has 4 rings (SSSR count). The molecule has 3 aromatic carbocycles. The van der Waals surface area contributed by atoms with E-state index in [9.17, 15) is 14.4 Å². The van der Waals surface area contributed by atoms with Gasteiger partial charge in [-0.15, -0.1) is 0 Å². The molecule has 6 nitrogen and oxygen atoms in total. The number of fused-ring (bicyclic) bond motifs is 1. The molecule has 3 amide bonds. The maximum Gasteiger partial charge on any atom is 0.259 e. The van der Waals surface area contributed by atoms with Crippen molar-refractivity contribution < 1.29 is 14.4 Å². The zero-order valence-electron chi connectivity index (χ0n) is 20.7. The van der Waals surface area contributed by atoms with Gasteiger partial charge in [0.1, 0.15) is 5.57 Å². The van der Waals surface area contributed by atoms with E-state index in [0.29, 0.717) is 18.0 Å². The van der Waals surface area contributed by atoms with E-state index in [-0.39, 0.29) is 30.1 Å². The van der Waals surface area contributed by atoms with E-state index in [1.54, 1.807) is 11.0 Å². The molecule has 0 atom stereocenters. The maximum atomic E-state index is 13.7. The molecule has 1 heterocycles. The van der Waals surface area contributed by atoms with E-state index < -0.39 is 11.8 Å². The van der Waals surface area contributed by atoms with Crippen molar-refractivity contribution in [3.05, 3.63) is 107 Å². The van der Waals surface area contributed by atoms with E-state index in [0.717, 1.165) is 23.2 Å². The third-order valence-electron chi connectivity index (χ3n) is 6.15. The average Bonchev–Trinajstić information content (AvgIpc) is 3.17. The Morgan fingerprint density at radius 2 is 1.25 bits per heavy atom. The predicted octanol–water partition coefficient (Wildman–Crippen LogP) is 4.47. The summed E-state index contributed by atoms with van der Waals surface area (Å²) < 4.78 is 0. The van der Waals surface area contributed by atoms with Crippen molar-refractivity contribution >= 4 is 29.0 Å². The minimum absolute atomic E-state index is 0.144. The van der Waals surface area contributed by atoms with Crippen molar-refractivity contribution in [2.24, 2.45) is 5.92 Å². The highest BCUT2D eigenvalue weighted by atomic mass is 16.2. The molecule has 3 aromatic rings. The molecule has 0 fully saturated rings. The second-order valence-corrected chi connectivity index (χ2v) is 9.24. The highest BCUT2D eigenvalue weighted by Gasteiger charge is 2.38. The summed E-state index contributed by atoms with van der Waals surface area (Å²) in [7, 11) is 0. The summed E-state index contributed by atoms with van der Waals surface area (Å²) in [6.07, 6.45) is 0.809. The summed E-state index contributed by atoms with van der Waals surface area (Å²) in [4.78, 5) is 42.3. The Morgan fingerprint density at radius 3 is 1.78 bits per heavy atom. The van der Waals surface area contributed by atoms with Crippen molar-refractivity contribution in [2.75, 3.05) is 11.4 Å². The van der Waals surface area contributed by atoms with Gasteiger partial charge in [0, 0.05) is 25.2 Å². The van der Waals surface area contributed by atoms with E-state index in [1.165, 1.54) is 0 Å². The molecule has 0 spiro atoms. The van der Waals surface area contributed by atoms with Gasteiger partial charge in [-0.2, -0.15) is 0 Å². The molecule has 36 heavy (non-hydrogen) atoms. The van der Waals surface area contributed by atoms with Gasteiger partial charge in [-0.1, -0.05) is 92.7 Å². The van der Waals surface area contributed by atoms with Crippen LogP contribution in [0.15, 0.2) is 90.5 Å². The average molecular weight is 482 g/mol. The van der Waals surface area contributed by atoms with Crippen LogP contribution in [0.4, 0.5) is 5.69 Å². The molecule has 0 saturated carbocycles. The molecule has 0 unspecified atom stereocenters. The first-order chi connectivity index (χ1) is 17.5. The second kappa shape index (κ2) is 11.5. The Labute approximate surface area is 212 Å². The predicted molar refractivity (Wildman–Crippen MR) is 142 cm³/mol. The van der Waals surface area contributed by atoms with Crippen LogP contribution < -0.4 is 15.5 Å². The number of carbonyl (C=O) groups excluding carboxylic acids is 3. The Kier molecular flexibility index (Phi) is 7.95. The molecular formula is C30H31N3O3. The molecule has 0 aromatic heterocycles. The number of hydrogen-bond acceptors (Lipinski definition) is 3. The first-order valence-electron chi connectivity index (χ1n) is 12.3. The van der Waals surface area contributed by atoms with Crippen LogP contribution in [-0.4, -0.2) is 24.3 Å². The number of para-hydroxylation sites is 1. The largest absolute Gasteiger partial charge is 0.348 e. The molecule has 1 aliphatic rings. The summed E-state index contributed by atoms with van der Waals surface area (Å²) >= 11 is 0. The number of nitrogens with zero attached hydrogens (tertiary/aromatic N) is 1. The lowest BCUT2D eigenvalue weighted by Gasteiger charge is -2.18. The highest BCUT2D eigenvalue weighted by Crippen LogP contribution is 2.38. The van der Waals surface area contributed by atoms with E-state index in [1.807, 2.05) is 78.9 Å². The molecular weight excluding hydrogens is 450 g/mol. The van der Waals surface area contributed by atoms with Crippen LogP contribution in [-0.2, 0) is 27.5 Å². The van der Waals surface area contributed by atoms with Crippen LogP contribution in [0.3, 0.4) is 0 Å². The Balaban J connectivity index is 1.70. The van der Waals surface area contributed by atoms with Gasteiger partial charge in [-0.3, -0.25) is 14.4 Å². The van der Waals surface area contributed by atoms with Gasteiger partial charge in [0.2, 0.25) is 0 Å². The van der Waals surface area contributed by atoms with Crippen molar-refractivity contribution in [3.63, 3.8) is 0 Å². The quantitative estimate of drug-likeness (QED) is 0.269. The van der Waals surface area contributed by atoms with Crippen LogP contribution in [0.25, 0.3) is 5.57 Å². The number of benzene rings is 3. The van der Waals surface area contributed by atoms with Gasteiger partial charge < -0.3 is 15.5 Å². The minimum atomic E-state index is -0.576. The van der Waals surface area contributed by atoms with E-state index in [4.69, 9.17) is 0 Å². The Morgan fingerprint density at radius 1 is 0.750 bits per heavy atom. The van der Waals surface area contributed by atoms with Crippen LogP contribution in [0.1, 0.15) is 37.0 Å². The highest BCUT2D eigenvalue weighted by molar-refractivity contribution is 6.41. The lowest BCUT2D eigenvalue weighted by atomic mass is 9.99. The molecule has 0 aliphatic carbocycles. The van der Waals surface area contributed by atoms with E-state index >= 15 is 0 Å². The summed E-state index contributed by atoms with van der Waals surface area (Å²) in [5, 5.41) is 5.69. The molecule has 6 heteroatoms. The zero-order chi connectivity index (χ0) is 25.5. The topological polar surface area (TPSA) is 78.5 Å². The van der Waals surface area contributed by atoms with Crippen LogP contribution >= 0.6 is 0 Å². The third kappa shape index (κ3) is 5.71. The second-order valence-electron chi connectivity index (χ2n) is 9.24. The SMILES string of the molecule is CC(C)CCN1C(=O)C(=C(C(=O)NCc2ccccc2)C(=O)NCc2ccccc2)c2ccccc21. The van der Waals surface area contributed by atoms with Gasteiger partial charge in [0.25, 0.3) is 17.7 Å². The Bertz CT molecular complexity index is 1210. The molecule has 1 aliphatic heterocycles. The number of amides is 3. The zero-order valence-corrected chi connectivity index (χ0v) is 20.7. The Hall–Kier alpha value is -4.19. The number of anilines is 1. The van der Waals surface area contributed by atoms with Gasteiger partial charge in [-0.05, 0) is 29.5 Å². The molecule has 0 bridgehead atoms. The standard InChI is InChI=1S/C30H31N3O3/c1-21(2)17-18-33-25-16-10-9-15-24(25)26(30(33)36)27(28(34)31-19-22-11-5-3-6-12-22)29(35)32-20-23-13-7-4-8-14-23/h3-16,21H,17-20H2,1-2H3,(H,31,34)(H,32,35). The molecule has 184 valence electrons. The first-order valence-corrected chi connectivity index (χ1v) is 12.3. The van der Waals surface area contributed by atoms with Crippen LogP contribution in [0, 0.1) is 5.92 Å². The fourth-order valence-corrected chi connectivity index (χ4v) is 4.19. The van der Waals surface area contributed by atoms with Gasteiger partial charge >= 0.3 is 0 Å². The summed E-state index contributed by atoms with van der Waals surface area (Å²) in [6, 6.07) is 26.3. The van der Waals surface area contributed by atoms with Crippen molar-refractivity contribution in [2.45, 2.75) is 33.4 Å². The van der Waals surface area contributed by atoms with E-state index in [2.05, 4.69) is 24.5 Å². The van der Waals surface area contributed by atoms with Gasteiger partial charge in [0.05, 0.1) is 11.3 Å². The molecule has 0 radical (unpaired) electrons. The number of nitrogens with one attached hydrogen (secondary N) is 2. The minimum Gasteiger partial charge on any atom is -0.348 e. The lowest BCUT2D eigenvalue weighted by molar-refractivity contribution is -0.124. The number of carbonyl (C=O) groups is 3. The summed E-state index contributed by atoms with van der Waals surface area (Å²) in [6.45, 7) is 5.21. The molecule has 0 saturated heterocycles.